The first-order valence-electron chi connectivity index (χ1n) is 13.7. The van der Waals surface area contributed by atoms with E-state index in [1.54, 1.807) is 41.3 Å². The van der Waals surface area contributed by atoms with Gasteiger partial charge in [-0.2, -0.15) is 0 Å². The summed E-state index contributed by atoms with van der Waals surface area (Å²) in [5, 5.41) is 3.86. The normalized spacial score (nSPS) is 14.4. The number of rotatable bonds is 12. The summed E-state index contributed by atoms with van der Waals surface area (Å²) in [5.74, 6) is 0.0630. The molecular weight excluding hydrogens is 515 g/mol. The van der Waals surface area contributed by atoms with Gasteiger partial charge in [-0.1, -0.05) is 73.3 Å². The summed E-state index contributed by atoms with van der Waals surface area (Å²) in [4.78, 5) is 29.1. The largest absolute Gasteiger partial charge is 0.494 e. The molecule has 1 aliphatic rings. The number of benzene rings is 3. The van der Waals surface area contributed by atoms with Crippen molar-refractivity contribution in [2.24, 2.45) is 0 Å². The number of ether oxygens (including phenoxy) is 1. The summed E-state index contributed by atoms with van der Waals surface area (Å²) < 4.78 is 19.4. The molecule has 1 saturated carbocycles. The van der Waals surface area contributed by atoms with E-state index in [1.807, 2.05) is 30.3 Å². The maximum Gasteiger partial charge on any atom is 0.243 e. The molecular formula is C32H36ClFN2O3. The van der Waals surface area contributed by atoms with Gasteiger partial charge in [-0.25, -0.2) is 4.39 Å². The molecule has 0 aliphatic heterocycles. The minimum absolute atomic E-state index is 0.125. The Kier molecular flexibility index (Phi) is 10.8. The molecule has 3 aromatic rings. The van der Waals surface area contributed by atoms with E-state index >= 15 is 0 Å². The Labute approximate surface area is 235 Å². The van der Waals surface area contributed by atoms with Gasteiger partial charge in [0.25, 0.3) is 0 Å². The van der Waals surface area contributed by atoms with E-state index < -0.39 is 6.04 Å². The molecule has 0 saturated heterocycles. The summed E-state index contributed by atoms with van der Waals surface area (Å²) in [6, 6.07) is 22.4. The molecule has 3 aromatic carbocycles. The summed E-state index contributed by atoms with van der Waals surface area (Å²) in [5.41, 5.74) is 1.75. The number of nitrogens with one attached hydrogen (secondary N) is 1. The van der Waals surface area contributed by atoms with Crippen LogP contribution in [0.5, 0.6) is 5.75 Å². The molecule has 39 heavy (non-hydrogen) atoms. The minimum Gasteiger partial charge on any atom is -0.494 e. The molecule has 4 rings (SSSR count). The fourth-order valence-corrected chi connectivity index (χ4v) is 5.10. The van der Waals surface area contributed by atoms with Crippen LogP contribution in [-0.2, 0) is 22.6 Å². The van der Waals surface area contributed by atoms with Crippen LogP contribution in [0.15, 0.2) is 78.9 Å². The topological polar surface area (TPSA) is 58.6 Å². The molecule has 0 radical (unpaired) electrons. The van der Waals surface area contributed by atoms with Crippen LogP contribution in [0.3, 0.4) is 0 Å². The van der Waals surface area contributed by atoms with Crippen molar-refractivity contribution < 1.29 is 18.7 Å². The average Bonchev–Trinajstić information content (AvgIpc) is 2.96. The molecule has 1 aliphatic carbocycles. The smallest absolute Gasteiger partial charge is 0.243 e. The highest BCUT2D eigenvalue weighted by atomic mass is 35.5. The Hall–Kier alpha value is -3.38. The maximum atomic E-state index is 13.7. The van der Waals surface area contributed by atoms with Gasteiger partial charge < -0.3 is 15.0 Å². The van der Waals surface area contributed by atoms with Crippen LogP contribution >= 0.6 is 11.6 Å². The number of nitrogens with zero attached hydrogens (tertiary/aromatic N) is 1. The van der Waals surface area contributed by atoms with E-state index in [9.17, 15) is 14.0 Å². The number of halogens is 2. The molecule has 0 aromatic heterocycles. The lowest BCUT2D eigenvalue weighted by Crippen LogP contribution is -2.52. The number of hydrogen-bond donors (Lipinski definition) is 1. The average molecular weight is 551 g/mol. The second-order valence-electron chi connectivity index (χ2n) is 10.1. The Morgan fingerprint density at radius 2 is 1.62 bits per heavy atom. The zero-order valence-corrected chi connectivity index (χ0v) is 22.9. The third kappa shape index (κ3) is 9.10. The van der Waals surface area contributed by atoms with Crippen LogP contribution in [-0.4, -0.2) is 35.4 Å². The highest BCUT2D eigenvalue weighted by Crippen LogP contribution is 2.21. The second kappa shape index (κ2) is 14.7. The van der Waals surface area contributed by atoms with E-state index in [2.05, 4.69) is 5.32 Å². The van der Waals surface area contributed by atoms with Crippen molar-refractivity contribution in [3.63, 3.8) is 0 Å². The molecule has 1 atom stereocenters. The number of carbonyl (C=O) groups excluding carboxylic acids is 2. The first-order valence-corrected chi connectivity index (χ1v) is 14.1. The van der Waals surface area contributed by atoms with Gasteiger partial charge in [0.15, 0.2) is 0 Å². The molecule has 2 amide bonds. The molecule has 0 bridgehead atoms. The van der Waals surface area contributed by atoms with E-state index in [1.165, 1.54) is 18.6 Å². The molecule has 1 fully saturated rings. The Bertz CT molecular complexity index is 1180. The minimum atomic E-state index is -0.691. The van der Waals surface area contributed by atoms with E-state index in [-0.39, 0.29) is 36.6 Å². The molecule has 0 spiro atoms. The van der Waals surface area contributed by atoms with E-state index in [0.717, 1.165) is 36.8 Å². The lowest BCUT2D eigenvalue weighted by Gasteiger charge is -2.33. The lowest BCUT2D eigenvalue weighted by molar-refractivity contribution is -0.141. The molecule has 1 N–H and O–H groups in total. The Morgan fingerprint density at radius 1 is 0.923 bits per heavy atom. The third-order valence-electron chi connectivity index (χ3n) is 7.11. The molecule has 5 nitrogen and oxygen atoms in total. The van der Waals surface area contributed by atoms with Crippen molar-refractivity contribution in [2.45, 2.75) is 70.0 Å². The van der Waals surface area contributed by atoms with Gasteiger partial charge in [0.1, 0.15) is 17.6 Å². The summed E-state index contributed by atoms with van der Waals surface area (Å²) >= 11 is 5.94. The molecule has 206 valence electrons. The predicted octanol–water partition coefficient (Wildman–Crippen LogP) is 6.73. The van der Waals surface area contributed by atoms with Gasteiger partial charge in [-0.3, -0.25) is 9.59 Å². The van der Waals surface area contributed by atoms with Crippen molar-refractivity contribution in [1.82, 2.24) is 10.2 Å². The van der Waals surface area contributed by atoms with Gasteiger partial charge in [-0.15, -0.1) is 0 Å². The monoisotopic (exact) mass is 550 g/mol. The van der Waals surface area contributed by atoms with Crippen molar-refractivity contribution in [2.75, 3.05) is 6.61 Å². The van der Waals surface area contributed by atoms with Crippen molar-refractivity contribution in [3.8, 4) is 5.75 Å². The lowest BCUT2D eigenvalue weighted by atomic mass is 9.94. The predicted molar refractivity (Wildman–Crippen MR) is 152 cm³/mol. The SMILES string of the molecule is O=C(NC1CCCCC1)C(Cc1ccccc1)N(Cc1ccc(F)cc1)C(=O)CCCOc1ccc(Cl)cc1. The van der Waals surface area contributed by atoms with Crippen molar-refractivity contribution in [3.05, 3.63) is 101 Å². The van der Waals surface area contributed by atoms with Crippen molar-refractivity contribution in [1.29, 1.82) is 0 Å². The zero-order valence-electron chi connectivity index (χ0n) is 22.2. The molecule has 7 heteroatoms. The van der Waals surface area contributed by atoms with Gasteiger partial charge >= 0.3 is 0 Å². The van der Waals surface area contributed by atoms with Crippen molar-refractivity contribution >= 4 is 23.4 Å². The maximum absolute atomic E-state index is 13.7. The zero-order chi connectivity index (χ0) is 27.5. The number of amides is 2. The summed E-state index contributed by atoms with van der Waals surface area (Å²) in [6.45, 7) is 0.572. The van der Waals surface area contributed by atoms with Crippen LogP contribution in [0.1, 0.15) is 56.1 Å². The standard InChI is InChI=1S/C32H36ClFN2O3/c33-26-15-19-29(20-16-26)39-21-7-12-31(37)36(23-25-13-17-27(34)18-14-25)30(22-24-8-3-1-4-9-24)32(38)35-28-10-5-2-6-11-28/h1,3-4,8-9,13-20,28,30H,2,5-7,10-12,21-23H2,(H,35,38). The highest BCUT2D eigenvalue weighted by molar-refractivity contribution is 6.30. The first kappa shape index (κ1) is 28.6. The first-order chi connectivity index (χ1) is 19.0. The summed E-state index contributed by atoms with van der Waals surface area (Å²) in [6.07, 6.45) is 6.40. The number of carbonyl (C=O) groups is 2. The van der Waals surface area contributed by atoms with E-state index in [4.69, 9.17) is 16.3 Å². The van der Waals surface area contributed by atoms with Crippen LogP contribution < -0.4 is 10.1 Å². The fourth-order valence-electron chi connectivity index (χ4n) is 4.97. The Morgan fingerprint density at radius 3 is 2.31 bits per heavy atom. The highest BCUT2D eigenvalue weighted by Gasteiger charge is 2.31. The summed E-state index contributed by atoms with van der Waals surface area (Å²) in [7, 11) is 0. The number of hydrogen-bond acceptors (Lipinski definition) is 3. The molecule has 0 heterocycles. The second-order valence-corrected chi connectivity index (χ2v) is 10.5. The van der Waals surface area contributed by atoms with Crippen LogP contribution in [0.2, 0.25) is 5.02 Å². The van der Waals surface area contributed by atoms with Gasteiger partial charge in [-0.05, 0) is 66.8 Å². The fraction of sp³-hybridized carbons (Fsp3) is 0.375. The quantitative estimate of drug-likeness (QED) is 0.254. The Balaban J connectivity index is 1.51. The van der Waals surface area contributed by atoms with Gasteiger partial charge in [0.2, 0.25) is 11.8 Å². The van der Waals surface area contributed by atoms with E-state index in [0.29, 0.717) is 30.2 Å². The van der Waals surface area contributed by atoms with Gasteiger partial charge in [0, 0.05) is 30.5 Å². The van der Waals surface area contributed by atoms with Crippen LogP contribution in [0.4, 0.5) is 4.39 Å². The third-order valence-corrected chi connectivity index (χ3v) is 7.36. The van der Waals surface area contributed by atoms with Crippen LogP contribution in [0.25, 0.3) is 0 Å². The van der Waals surface area contributed by atoms with Crippen LogP contribution in [0, 0.1) is 5.82 Å². The molecule has 1 unspecified atom stereocenters. The van der Waals surface area contributed by atoms with Gasteiger partial charge in [0.05, 0.1) is 6.61 Å².